The molecule has 0 atom stereocenters. The molecule has 0 saturated heterocycles. The van der Waals surface area contributed by atoms with E-state index in [2.05, 4.69) is 5.16 Å². The molecule has 5 heteroatoms. The molecule has 1 aromatic heterocycles. The van der Waals surface area contributed by atoms with Gasteiger partial charge in [-0.2, -0.15) is 0 Å². The van der Waals surface area contributed by atoms with Crippen LogP contribution in [0, 0.1) is 0 Å². The third-order valence-corrected chi connectivity index (χ3v) is 2.73. The third kappa shape index (κ3) is 2.29. The number of aromatic nitrogens is 1. The molecule has 3 N–H and O–H groups in total. The van der Waals surface area contributed by atoms with Crippen LogP contribution >= 0.6 is 0 Å². The molecule has 18 heavy (non-hydrogen) atoms. The number of nitrogens with two attached hydrogens (primary N) is 1. The molecule has 0 unspecified atom stereocenters. The molecule has 0 aliphatic heterocycles. The first-order valence-corrected chi connectivity index (χ1v) is 5.51. The van der Waals surface area contributed by atoms with Crippen molar-refractivity contribution in [2.45, 2.75) is 6.54 Å². The summed E-state index contributed by atoms with van der Waals surface area (Å²) >= 11 is 0. The lowest BCUT2D eigenvalue weighted by atomic mass is 10.2. The van der Waals surface area contributed by atoms with E-state index in [1.54, 1.807) is 13.2 Å². The van der Waals surface area contributed by atoms with Gasteiger partial charge in [0, 0.05) is 11.8 Å². The van der Waals surface area contributed by atoms with Gasteiger partial charge in [-0.3, -0.25) is 0 Å². The molecule has 2 aromatic rings. The summed E-state index contributed by atoms with van der Waals surface area (Å²) < 4.78 is 7.19. The number of methoxy groups -OCH3 is 1. The Morgan fingerprint density at radius 2 is 2.11 bits per heavy atom. The monoisotopic (exact) mass is 245 g/mol. The first-order valence-electron chi connectivity index (χ1n) is 5.51. The predicted octanol–water partition coefficient (Wildman–Crippen LogP) is 1.64. The minimum Gasteiger partial charge on any atom is -0.496 e. The van der Waals surface area contributed by atoms with E-state index in [9.17, 15) is 0 Å². The summed E-state index contributed by atoms with van der Waals surface area (Å²) in [7, 11) is 1.64. The van der Waals surface area contributed by atoms with Gasteiger partial charge in [-0.05, 0) is 18.2 Å². The van der Waals surface area contributed by atoms with Crippen LogP contribution in [0.4, 0.5) is 0 Å². The molecule has 2 rings (SSSR count). The van der Waals surface area contributed by atoms with Crippen LogP contribution in [0.1, 0.15) is 11.3 Å². The summed E-state index contributed by atoms with van der Waals surface area (Å²) in [5.74, 6) is 0.909. The average Bonchev–Trinajstić information content (AvgIpc) is 2.86. The summed E-state index contributed by atoms with van der Waals surface area (Å²) in [6, 6.07) is 11.4. The maximum atomic E-state index is 8.72. The molecule has 0 bridgehead atoms. The highest BCUT2D eigenvalue weighted by Crippen LogP contribution is 2.19. The Morgan fingerprint density at radius 1 is 1.33 bits per heavy atom. The minimum atomic E-state index is 0.0925. The van der Waals surface area contributed by atoms with Crippen LogP contribution in [0.3, 0.4) is 0 Å². The summed E-state index contributed by atoms with van der Waals surface area (Å²) in [4.78, 5) is 0. The predicted molar refractivity (Wildman–Crippen MR) is 69.0 cm³/mol. The first-order chi connectivity index (χ1) is 8.76. The Hall–Kier alpha value is -2.43. The van der Waals surface area contributed by atoms with Gasteiger partial charge in [0.05, 0.1) is 19.3 Å². The van der Waals surface area contributed by atoms with Gasteiger partial charge in [0.2, 0.25) is 0 Å². The van der Waals surface area contributed by atoms with Gasteiger partial charge in [0.15, 0.2) is 5.84 Å². The van der Waals surface area contributed by atoms with Crippen LogP contribution in [-0.2, 0) is 6.54 Å². The van der Waals surface area contributed by atoms with Crippen molar-refractivity contribution >= 4 is 5.84 Å². The van der Waals surface area contributed by atoms with Crippen molar-refractivity contribution in [3.63, 3.8) is 0 Å². The van der Waals surface area contributed by atoms with Gasteiger partial charge >= 0.3 is 0 Å². The molecule has 0 saturated carbocycles. The summed E-state index contributed by atoms with van der Waals surface area (Å²) in [5.41, 5.74) is 7.31. The zero-order valence-electron chi connectivity index (χ0n) is 10.1. The Kier molecular flexibility index (Phi) is 3.52. The number of rotatable bonds is 4. The minimum absolute atomic E-state index is 0.0925. The number of oxime groups is 1. The van der Waals surface area contributed by atoms with Gasteiger partial charge in [0.1, 0.15) is 5.75 Å². The molecule has 0 fully saturated rings. The van der Waals surface area contributed by atoms with E-state index >= 15 is 0 Å². The van der Waals surface area contributed by atoms with Gasteiger partial charge < -0.3 is 20.2 Å². The Balaban J connectivity index is 2.32. The third-order valence-electron chi connectivity index (χ3n) is 2.73. The number of hydrogen-bond acceptors (Lipinski definition) is 3. The Labute approximate surface area is 105 Å². The smallest absolute Gasteiger partial charge is 0.186 e. The number of benzene rings is 1. The van der Waals surface area contributed by atoms with Gasteiger partial charge in [-0.25, -0.2) is 0 Å². The maximum Gasteiger partial charge on any atom is 0.186 e. The van der Waals surface area contributed by atoms with Crippen LogP contribution in [-0.4, -0.2) is 22.7 Å². The molecular weight excluding hydrogens is 230 g/mol. The van der Waals surface area contributed by atoms with E-state index in [0.29, 0.717) is 12.2 Å². The molecule has 0 aliphatic rings. The molecule has 0 radical (unpaired) electrons. The van der Waals surface area contributed by atoms with Crippen molar-refractivity contribution in [1.29, 1.82) is 0 Å². The van der Waals surface area contributed by atoms with E-state index in [-0.39, 0.29) is 5.84 Å². The lowest BCUT2D eigenvalue weighted by Crippen LogP contribution is -2.18. The lowest BCUT2D eigenvalue weighted by Gasteiger charge is -2.11. The quantitative estimate of drug-likeness (QED) is 0.372. The molecular formula is C13H15N3O2. The summed E-state index contributed by atoms with van der Waals surface area (Å²) in [5, 5.41) is 11.7. The highest BCUT2D eigenvalue weighted by atomic mass is 16.5. The largest absolute Gasteiger partial charge is 0.496 e. The van der Waals surface area contributed by atoms with Crippen LogP contribution < -0.4 is 10.5 Å². The highest BCUT2D eigenvalue weighted by molar-refractivity contribution is 5.95. The number of ether oxygens (including phenoxy) is 1. The van der Waals surface area contributed by atoms with Crippen molar-refractivity contribution in [2.24, 2.45) is 10.9 Å². The van der Waals surface area contributed by atoms with E-state index in [1.807, 2.05) is 41.1 Å². The molecule has 94 valence electrons. The second-order valence-corrected chi connectivity index (χ2v) is 3.82. The van der Waals surface area contributed by atoms with Gasteiger partial charge in [-0.1, -0.05) is 23.4 Å². The summed E-state index contributed by atoms with van der Waals surface area (Å²) in [6.45, 7) is 0.600. The van der Waals surface area contributed by atoms with Crippen LogP contribution in [0.15, 0.2) is 47.8 Å². The topological polar surface area (TPSA) is 72.8 Å². The zero-order valence-corrected chi connectivity index (χ0v) is 10.1. The van der Waals surface area contributed by atoms with Crippen molar-refractivity contribution in [3.8, 4) is 5.75 Å². The molecule has 0 aliphatic carbocycles. The normalized spacial score (nSPS) is 11.5. The SMILES string of the molecule is COc1ccccc1Cn1cccc1/C(N)=N/O. The van der Waals surface area contributed by atoms with Crippen LogP contribution in [0.25, 0.3) is 0 Å². The second kappa shape index (κ2) is 5.27. The number of amidine groups is 1. The van der Waals surface area contributed by atoms with Crippen molar-refractivity contribution in [3.05, 3.63) is 53.9 Å². The van der Waals surface area contributed by atoms with Crippen molar-refractivity contribution < 1.29 is 9.94 Å². The van der Waals surface area contributed by atoms with Crippen molar-refractivity contribution in [2.75, 3.05) is 7.11 Å². The zero-order chi connectivity index (χ0) is 13.0. The first kappa shape index (κ1) is 12.0. The van der Waals surface area contributed by atoms with Gasteiger partial charge in [0.25, 0.3) is 0 Å². The standard InChI is InChI=1S/C13H15N3O2/c1-18-12-7-3-2-5-10(12)9-16-8-4-6-11(16)13(14)15-17/h2-8,17H,9H2,1H3,(H2,14,15). The van der Waals surface area contributed by atoms with Crippen LogP contribution in [0.2, 0.25) is 0 Å². The fourth-order valence-corrected chi connectivity index (χ4v) is 1.85. The average molecular weight is 245 g/mol. The number of nitrogens with zero attached hydrogens (tertiary/aromatic N) is 2. The Morgan fingerprint density at radius 3 is 2.83 bits per heavy atom. The maximum absolute atomic E-state index is 8.72. The molecule has 1 heterocycles. The van der Waals surface area contributed by atoms with E-state index < -0.39 is 0 Å². The van der Waals surface area contributed by atoms with Gasteiger partial charge in [-0.15, -0.1) is 0 Å². The molecule has 5 nitrogen and oxygen atoms in total. The molecule has 0 spiro atoms. The lowest BCUT2D eigenvalue weighted by molar-refractivity contribution is 0.318. The molecule has 0 amide bonds. The van der Waals surface area contributed by atoms with Crippen molar-refractivity contribution in [1.82, 2.24) is 4.57 Å². The van der Waals surface area contributed by atoms with E-state index in [1.165, 1.54) is 0 Å². The van der Waals surface area contributed by atoms with E-state index in [0.717, 1.165) is 11.3 Å². The van der Waals surface area contributed by atoms with E-state index in [4.69, 9.17) is 15.7 Å². The molecule has 1 aromatic carbocycles. The fraction of sp³-hybridized carbons (Fsp3) is 0.154. The second-order valence-electron chi connectivity index (χ2n) is 3.82. The highest BCUT2D eigenvalue weighted by Gasteiger charge is 2.08. The Bertz CT molecular complexity index is 561. The number of para-hydroxylation sites is 1. The number of hydrogen-bond donors (Lipinski definition) is 2. The fourth-order valence-electron chi connectivity index (χ4n) is 1.85. The van der Waals surface area contributed by atoms with Crippen LogP contribution in [0.5, 0.6) is 5.75 Å². The summed E-state index contributed by atoms with van der Waals surface area (Å²) in [6.07, 6.45) is 1.87.